The molecule has 3 nitrogen and oxygen atoms in total. The first-order valence-corrected chi connectivity index (χ1v) is 5.60. The maximum absolute atomic E-state index is 5.78. The van der Waals surface area contributed by atoms with Crippen LogP contribution in [-0.2, 0) is 0 Å². The number of pyridine rings is 1. The van der Waals surface area contributed by atoms with Crippen molar-refractivity contribution in [1.82, 2.24) is 4.98 Å². The van der Waals surface area contributed by atoms with Gasteiger partial charge in [-0.15, -0.1) is 0 Å². The van der Waals surface area contributed by atoms with Crippen LogP contribution < -0.4 is 10.5 Å². The van der Waals surface area contributed by atoms with Crippen molar-refractivity contribution in [3.8, 4) is 11.6 Å². The Morgan fingerprint density at radius 3 is 2.75 bits per heavy atom. The third kappa shape index (κ3) is 2.33. The minimum atomic E-state index is 0.495. The molecule has 0 bridgehead atoms. The van der Waals surface area contributed by atoms with Crippen molar-refractivity contribution in [2.45, 2.75) is 6.92 Å². The quantitative estimate of drug-likeness (QED) is 0.914. The van der Waals surface area contributed by atoms with Gasteiger partial charge in [0.05, 0.1) is 4.47 Å². The first kappa shape index (κ1) is 11.0. The molecule has 1 aromatic carbocycles. The van der Waals surface area contributed by atoms with Crippen molar-refractivity contribution >= 4 is 21.6 Å². The Balaban J connectivity index is 2.28. The Kier molecular flexibility index (Phi) is 3.10. The van der Waals surface area contributed by atoms with E-state index in [1.807, 2.05) is 31.2 Å². The van der Waals surface area contributed by atoms with Crippen molar-refractivity contribution < 1.29 is 4.74 Å². The summed E-state index contributed by atoms with van der Waals surface area (Å²) >= 11 is 3.40. The molecule has 82 valence electrons. The third-order valence-electron chi connectivity index (χ3n) is 2.17. The van der Waals surface area contributed by atoms with Crippen LogP contribution in [-0.4, -0.2) is 4.98 Å². The summed E-state index contributed by atoms with van der Waals surface area (Å²) in [6, 6.07) is 9.31. The standard InChI is InChI=1S/C12H11BrN2O/c1-8-7-15-12(6-10(8)14)16-11-5-3-2-4-9(11)13/h2-7H,1H3,(H2,14,15). The Bertz CT molecular complexity index is 514. The number of nitrogens with two attached hydrogens (primary N) is 1. The molecular formula is C12H11BrN2O. The first-order chi connectivity index (χ1) is 7.66. The molecule has 2 N–H and O–H groups in total. The SMILES string of the molecule is Cc1cnc(Oc2ccccc2Br)cc1N. The summed E-state index contributed by atoms with van der Waals surface area (Å²) in [5.74, 6) is 1.22. The van der Waals surface area contributed by atoms with E-state index in [9.17, 15) is 0 Å². The summed E-state index contributed by atoms with van der Waals surface area (Å²) in [4.78, 5) is 4.15. The molecule has 2 rings (SSSR count). The van der Waals surface area contributed by atoms with E-state index in [-0.39, 0.29) is 0 Å². The summed E-state index contributed by atoms with van der Waals surface area (Å²) in [6.07, 6.45) is 1.70. The zero-order chi connectivity index (χ0) is 11.5. The molecule has 0 aliphatic rings. The van der Waals surface area contributed by atoms with E-state index in [2.05, 4.69) is 20.9 Å². The molecule has 1 heterocycles. The van der Waals surface area contributed by atoms with E-state index >= 15 is 0 Å². The van der Waals surface area contributed by atoms with Gasteiger partial charge in [-0.1, -0.05) is 12.1 Å². The highest BCUT2D eigenvalue weighted by molar-refractivity contribution is 9.10. The van der Waals surface area contributed by atoms with Gasteiger partial charge in [0, 0.05) is 18.0 Å². The van der Waals surface area contributed by atoms with E-state index in [0.29, 0.717) is 11.6 Å². The van der Waals surface area contributed by atoms with Crippen molar-refractivity contribution in [1.29, 1.82) is 0 Å². The lowest BCUT2D eigenvalue weighted by atomic mass is 10.3. The molecule has 0 amide bonds. The lowest BCUT2D eigenvalue weighted by Gasteiger charge is -2.07. The number of halogens is 1. The molecule has 16 heavy (non-hydrogen) atoms. The molecule has 0 spiro atoms. The van der Waals surface area contributed by atoms with Crippen LogP contribution in [0.3, 0.4) is 0 Å². The van der Waals surface area contributed by atoms with Gasteiger partial charge in [-0.3, -0.25) is 0 Å². The van der Waals surface area contributed by atoms with Gasteiger partial charge >= 0.3 is 0 Å². The number of benzene rings is 1. The monoisotopic (exact) mass is 278 g/mol. The van der Waals surface area contributed by atoms with Crippen LogP contribution in [0.5, 0.6) is 11.6 Å². The molecule has 0 saturated carbocycles. The number of aromatic nitrogens is 1. The summed E-state index contributed by atoms with van der Waals surface area (Å²) in [7, 11) is 0. The number of rotatable bonds is 2. The van der Waals surface area contributed by atoms with Gasteiger partial charge in [-0.25, -0.2) is 4.98 Å². The van der Waals surface area contributed by atoms with Gasteiger partial charge in [0.2, 0.25) is 5.88 Å². The Morgan fingerprint density at radius 2 is 2.06 bits per heavy atom. The average molecular weight is 279 g/mol. The van der Waals surface area contributed by atoms with Gasteiger partial charge in [0.1, 0.15) is 5.75 Å². The van der Waals surface area contributed by atoms with Gasteiger partial charge < -0.3 is 10.5 Å². The smallest absolute Gasteiger partial charge is 0.221 e. The predicted molar refractivity (Wildman–Crippen MR) is 67.6 cm³/mol. The first-order valence-electron chi connectivity index (χ1n) is 4.81. The molecule has 0 radical (unpaired) electrons. The topological polar surface area (TPSA) is 48.1 Å². The van der Waals surface area contributed by atoms with Crippen LogP contribution in [0.4, 0.5) is 5.69 Å². The highest BCUT2D eigenvalue weighted by Crippen LogP contribution is 2.29. The van der Waals surface area contributed by atoms with Crippen LogP contribution in [0.1, 0.15) is 5.56 Å². The van der Waals surface area contributed by atoms with E-state index in [4.69, 9.17) is 10.5 Å². The van der Waals surface area contributed by atoms with Crippen molar-refractivity contribution in [2.24, 2.45) is 0 Å². The van der Waals surface area contributed by atoms with Gasteiger partial charge in [-0.2, -0.15) is 0 Å². The number of aryl methyl sites for hydroxylation is 1. The molecule has 0 aliphatic heterocycles. The fourth-order valence-corrected chi connectivity index (χ4v) is 1.58. The van der Waals surface area contributed by atoms with E-state index < -0.39 is 0 Å². The highest BCUT2D eigenvalue weighted by atomic mass is 79.9. The minimum Gasteiger partial charge on any atom is -0.438 e. The number of hydrogen-bond acceptors (Lipinski definition) is 3. The lowest BCUT2D eigenvalue weighted by Crippen LogP contribution is -1.94. The van der Waals surface area contributed by atoms with E-state index in [1.165, 1.54) is 0 Å². The summed E-state index contributed by atoms with van der Waals surface area (Å²) < 4.78 is 6.49. The number of nitrogen functional groups attached to an aromatic ring is 1. The third-order valence-corrected chi connectivity index (χ3v) is 2.83. The fourth-order valence-electron chi connectivity index (χ4n) is 1.22. The number of hydrogen-bond donors (Lipinski definition) is 1. The highest BCUT2D eigenvalue weighted by Gasteiger charge is 2.03. The number of para-hydroxylation sites is 1. The molecule has 4 heteroatoms. The van der Waals surface area contributed by atoms with E-state index in [1.54, 1.807) is 12.3 Å². The van der Waals surface area contributed by atoms with E-state index in [0.717, 1.165) is 15.8 Å². The van der Waals surface area contributed by atoms with Crippen molar-refractivity contribution in [3.05, 3.63) is 46.6 Å². The maximum atomic E-state index is 5.78. The van der Waals surface area contributed by atoms with Crippen molar-refractivity contribution in [2.75, 3.05) is 5.73 Å². The second kappa shape index (κ2) is 4.53. The Labute approximate surface area is 102 Å². The second-order valence-corrected chi connectivity index (χ2v) is 4.27. The second-order valence-electron chi connectivity index (χ2n) is 3.41. The normalized spacial score (nSPS) is 10.1. The van der Waals surface area contributed by atoms with Gasteiger partial charge in [-0.05, 0) is 40.5 Å². The number of ether oxygens (including phenoxy) is 1. The molecule has 0 saturated heterocycles. The van der Waals surface area contributed by atoms with Gasteiger partial charge in [0.15, 0.2) is 0 Å². The average Bonchev–Trinajstić information content (AvgIpc) is 2.27. The van der Waals surface area contributed by atoms with Crippen LogP contribution in [0.25, 0.3) is 0 Å². The van der Waals surface area contributed by atoms with Crippen LogP contribution in [0.2, 0.25) is 0 Å². The molecule has 0 atom stereocenters. The zero-order valence-electron chi connectivity index (χ0n) is 8.77. The van der Waals surface area contributed by atoms with Crippen molar-refractivity contribution in [3.63, 3.8) is 0 Å². The zero-order valence-corrected chi connectivity index (χ0v) is 10.4. The molecular weight excluding hydrogens is 268 g/mol. The lowest BCUT2D eigenvalue weighted by molar-refractivity contribution is 0.460. The molecule has 0 unspecified atom stereocenters. The fraction of sp³-hybridized carbons (Fsp3) is 0.0833. The predicted octanol–water partition coefficient (Wildman–Crippen LogP) is 3.53. The molecule has 2 aromatic rings. The maximum Gasteiger partial charge on any atom is 0.221 e. The Hall–Kier alpha value is -1.55. The summed E-state index contributed by atoms with van der Waals surface area (Å²) in [5.41, 5.74) is 7.40. The molecule has 0 fully saturated rings. The number of anilines is 1. The summed E-state index contributed by atoms with van der Waals surface area (Å²) in [6.45, 7) is 1.91. The summed E-state index contributed by atoms with van der Waals surface area (Å²) in [5, 5.41) is 0. The largest absolute Gasteiger partial charge is 0.438 e. The molecule has 1 aromatic heterocycles. The number of nitrogens with zero attached hydrogens (tertiary/aromatic N) is 1. The molecule has 0 aliphatic carbocycles. The van der Waals surface area contributed by atoms with Gasteiger partial charge in [0.25, 0.3) is 0 Å². The van der Waals surface area contributed by atoms with Crippen LogP contribution in [0.15, 0.2) is 41.0 Å². The Morgan fingerprint density at radius 1 is 1.31 bits per heavy atom. The minimum absolute atomic E-state index is 0.495. The van der Waals surface area contributed by atoms with Crippen LogP contribution >= 0.6 is 15.9 Å². The van der Waals surface area contributed by atoms with Crippen LogP contribution in [0, 0.1) is 6.92 Å².